The maximum absolute atomic E-state index is 11.6. The Bertz CT molecular complexity index is 573. The summed E-state index contributed by atoms with van der Waals surface area (Å²) in [6.45, 7) is 0.223. The van der Waals surface area contributed by atoms with Crippen LogP contribution in [0.1, 0.15) is 5.56 Å². The van der Waals surface area contributed by atoms with E-state index in [1.54, 1.807) is 18.2 Å². The van der Waals surface area contributed by atoms with Gasteiger partial charge in [-0.3, -0.25) is 5.32 Å². The topological polar surface area (TPSA) is 64.3 Å². The third-order valence-corrected chi connectivity index (χ3v) is 2.96. The highest BCUT2D eigenvalue weighted by molar-refractivity contribution is 9.10. The van der Waals surface area contributed by atoms with Crippen LogP contribution in [0, 0.1) is 0 Å². The standard InChI is InChI=1S/C14H13BrN2O2/c15-11-6-7-12(16)13(8-11)17-14(18)19-9-10-4-2-1-3-5-10/h1-8H,9,16H2,(H,17,18). The zero-order valence-corrected chi connectivity index (χ0v) is 11.7. The third kappa shape index (κ3) is 3.99. The lowest BCUT2D eigenvalue weighted by atomic mass is 10.2. The number of carbonyl (C=O) groups excluding carboxylic acids is 1. The number of benzene rings is 2. The van der Waals surface area contributed by atoms with Gasteiger partial charge in [-0.25, -0.2) is 4.79 Å². The van der Waals surface area contributed by atoms with Crippen LogP contribution >= 0.6 is 15.9 Å². The lowest BCUT2D eigenvalue weighted by molar-refractivity contribution is 0.155. The summed E-state index contributed by atoms with van der Waals surface area (Å²) < 4.78 is 5.94. The highest BCUT2D eigenvalue weighted by atomic mass is 79.9. The van der Waals surface area contributed by atoms with Crippen molar-refractivity contribution in [2.45, 2.75) is 6.61 Å². The summed E-state index contributed by atoms with van der Waals surface area (Å²) in [7, 11) is 0. The molecule has 0 bridgehead atoms. The molecule has 2 aromatic carbocycles. The van der Waals surface area contributed by atoms with Gasteiger partial charge >= 0.3 is 6.09 Å². The van der Waals surface area contributed by atoms with E-state index < -0.39 is 6.09 Å². The van der Waals surface area contributed by atoms with Gasteiger partial charge in [-0.05, 0) is 23.8 Å². The average Bonchev–Trinajstić information content (AvgIpc) is 2.42. The van der Waals surface area contributed by atoms with Crippen LogP contribution < -0.4 is 11.1 Å². The molecule has 4 nitrogen and oxygen atoms in total. The van der Waals surface area contributed by atoms with Crippen molar-refractivity contribution in [3.05, 3.63) is 58.6 Å². The Morgan fingerprint density at radius 3 is 2.68 bits per heavy atom. The molecule has 3 N–H and O–H groups in total. The fourth-order valence-corrected chi connectivity index (χ4v) is 1.87. The second kappa shape index (κ2) is 6.24. The first-order valence-corrected chi connectivity index (χ1v) is 6.47. The van der Waals surface area contributed by atoms with Crippen molar-refractivity contribution in [3.63, 3.8) is 0 Å². The minimum Gasteiger partial charge on any atom is -0.444 e. The Morgan fingerprint density at radius 2 is 1.95 bits per heavy atom. The molecule has 0 fully saturated rings. The number of hydrogen-bond acceptors (Lipinski definition) is 3. The number of carbonyl (C=O) groups is 1. The Balaban J connectivity index is 1.93. The van der Waals surface area contributed by atoms with Gasteiger partial charge in [0.2, 0.25) is 0 Å². The summed E-state index contributed by atoms with van der Waals surface area (Å²) in [4.78, 5) is 11.6. The third-order valence-electron chi connectivity index (χ3n) is 2.46. The summed E-state index contributed by atoms with van der Waals surface area (Å²) in [5.74, 6) is 0. The van der Waals surface area contributed by atoms with E-state index in [-0.39, 0.29) is 6.61 Å². The molecule has 0 heterocycles. The van der Waals surface area contributed by atoms with Gasteiger partial charge in [-0.1, -0.05) is 46.3 Å². The van der Waals surface area contributed by atoms with Crippen LogP contribution in [0.4, 0.5) is 16.2 Å². The lowest BCUT2D eigenvalue weighted by Crippen LogP contribution is -2.14. The molecule has 2 aromatic rings. The number of nitrogen functional groups attached to an aromatic ring is 1. The van der Waals surface area contributed by atoms with E-state index in [2.05, 4.69) is 21.2 Å². The van der Waals surface area contributed by atoms with Crippen LogP contribution in [0.5, 0.6) is 0 Å². The smallest absolute Gasteiger partial charge is 0.412 e. The first-order valence-electron chi connectivity index (χ1n) is 5.68. The first kappa shape index (κ1) is 13.4. The van der Waals surface area contributed by atoms with Gasteiger partial charge in [0.25, 0.3) is 0 Å². The number of amides is 1. The fraction of sp³-hybridized carbons (Fsp3) is 0.0714. The number of halogens is 1. The van der Waals surface area contributed by atoms with Crippen LogP contribution in [-0.4, -0.2) is 6.09 Å². The number of nitrogens with two attached hydrogens (primary N) is 1. The van der Waals surface area contributed by atoms with E-state index in [1.165, 1.54) is 0 Å². The van der Waals surface area contributed by atoms with Crippen molar-refractivity contribution in [1.29, 1.82) is 0 Å². The van der Waals surface area contributed by atoms with Crippen molar-refractivity contribution in [2.24, 2.45) is 0 Å². The molecular formula is C14H13BrN2O2. The van der Waals surface area contributed by atoms with Gasteiger partial charge in [0, 0.05) is 4.47 Å². The van der Waals surface area contributed by atoms with Crippen molar-refractivity contribution in [2.75, 3.05) is 11.1 Å². The second-order valence-corrected chi connectivity index (χ2v) is 4.83. The molecule has 0 atom stereocenters. The Labute approximate surface area is 119 Å². The van der Waals surface area contributed by atoms with Gasteiger partial charge in [0.05, 0.1) is 11.4 Å². The molecule has 98 valence electrons. The number of nitrogens with one attached hydrogen (secondary N) is 1. The molecule has 0 radical (unpaired) electrons. The van der Waals surface area contributed by atoms with Gasteiger partial charge in [0.15, 0.2) is 0 Å². The Kier molecular flexibility index (Phi) is 4.41. The molecule has 0 aliphatic heterocycles. The lowest BCUT2D eigenvalue weighted by Gasteiger charge is -2.09. The molecular weight excluding hydrogens is 308 g/mol. The van der Waals surface area contributed by atoms with E-state index in [0.29, 0.717) is 11.4 Å². The van der Waals surface area contributed by atoms with Crippen LogP contribution in [0.2, 0.25) is 0 Å². The minimum absolute atomic E-state index is 0.223. The number of ether oxygens (including phenoxy) is 1. The molecule has 0 aliphatic rings. The second-order valence-electron chi connectivity index (χ2n) is 3.92. The molecule has 5 heteroatoms. The minimum atomic E-state index is -0.534. The van der Waals surface area contributed by atoms with Gasteiger partial charge in [-0.2, -0.15) is 0 Å². The maximum atomic E-state index is 11.6. The van der Waals surface area contributed by atoms with Crippen molar-refractivity contribution in [3.8, 4) is 0 Å². The molecule has 0 spiro atoms. The van der Waals surface area contributed by atoms with E-state index in [9.17, 15) is 4.79 Å². The van der Waals surface area contributed by atoms with E-state index in [4.69, 9.17) is 10.5 Å². The predicted octanol–water partition coefficient (Wildman–Crippen LogP) is 3.78. The SMILES string of the molecule is Nc1ccc(Br)cc1NC(=O)OCc1ccccc1. The molecule has 19 heavy (non-hydrogen) atoms. The largest absolute Gasteiger partial charge is 0.444 e. The molecule has 0 aromatic heterocycles. The van der Waals surface area contributed by atoms with Crippen molar-refractivity contribution in [1.82, 2.24) is 0 Å². The van der Waals surface area contributed by atoms with Gasteiger partial charge in [-0.15, -0.1) is 0 Å². The monoisotopic (exact) mass is 320 g/mol. The number of rotatable bonds is 3. The summed E-state index contributed by atoms with van der Waals surface area (Å²) in [6, 6.07) is 14.7. The van der Waals surface area contributed by atoms with E-state index in [0.717, 1.165) is 10.0 Å². The predicted molar refractivity (Wildman–Crippen MR) is 78.8 cm³/mol. The molecule has 1 amide bonds. The summed E-state index contributed by atoms with van der Waals surface area (Å²) in [5.41, 5.74) is 7.69. The van der Waals surface area contributed by atoms with Crippen molar-refractivity contribution >= 4 is 33.4 Å². The van der Waals surface area contributed by atoms with Crippen molar-refractivity contribution < 1.29 is 9.53 Å². The maximum Gasteiger partial charge on any atom is 0.412 e. The fourth-order valence-electron chi connectivity index (χ4n) is 1.51. The zero-order valence-electron chi connectivity index (χ0n) is 10.1. The van der Waals surface area contributed by atoms with Crippen LogP contribution in [0.3, 0.4) is 0 Å². The first-order chi connectivity index (χ1) is 9.15. The highest BCUT2D eigenvalue weighted by Crippen LogP contribution is 2.23. The molecule has 0 unspecified atom stereocenters. The normalized spacial score (nSPS) is 9.95. The molecule has 0 saturated carbocycles. The highest BCUT2D eigenvalue weighted by Gasteiger charge is 2.06. The molecule has 2 rings (SSSR count). The van der Waals surface area contributed by atoms with Crippen LogP contribution in [0.25, 0.3) is 0 Å². The molecule has 0 saturated heterocycles. The summed E-state index contributed by atoms with van der Waals surface area (Å²) in [5, 5.41) is 2.61. The quantitative estimate of drug-likeness (QED) is 0.846. The van der Waals surface area contributed by atoms with Crippen LogP contribution in [0.15, 0.2) is 53.0 Å². The average molecular weight is 321 g/mol. The van der Waals surface area contributed by atoms with Crippen LogP contribution in [-0.2, 0) is 11.3 Å². The van der Waals surface area contributed by atoms with Gasteiger partial charge in [0.1, 0.15) is 6.61 Å². The summed E-state index contributed by atoms with van der Waals surface area (Å²) in [6.07, 6.45) is -0.534. The Morgan fingerprint density at radius 1 is 1.21 bits per heavy atom. The molecule has 0 aliphatic carbocycles. The van der Waals surface area contributed by atoms with E-state index >= 15 is 0 Å². The van der Waals surface area contributed by atoms with Gasteiger partial charge < -0.3 is 10.5 Å². The van der Waals surface area contributed by atoms with E-state index in [1.807, 2.05) is 30.3 Å². The number of hydrogen-bond donors (Lipinski definition) is 2. The Hall–Kier alpha value is -2.01. The zero-order chi connectivity index (χ0) is 13.7. The number of anilines is 2. The summed E-state index contributed by atoms with van der Waals surface area (Å²) >= 11 is 3.31.